The van der Waals surface area contributed by atoms with E-state index >= 15 is 0 Å². The SMILES string of the molecule is CC/C=C\C/C=C\C/C=C\C/C=C\CCCCCCCCCCCCC(=O)OC(COCCC(C(=O)[O-])[N+](C)(C)C)COC(=O)CCCCCCC/C=C\C/C=C\CCCC. The third kappa shape index (κ3) is 41.9. The number of likely N-dealkylation sites (N-methyl/N-ethyl adjacent to an activating group) is 1. The van der Waals surface area contributed by atoms with Crippen molar-refractivity contribution in [2.75, 3.05) is 41.0 Å². The largest absolute Gasteiger partial charge is 0.544 e. The highest BCUT2D eigenvalue weighted by atomic mass is 16.6. The molecule has 350 valence electrons. The summed E-state index contributed by atoms with van der Waals surface area (Å²) in [7, 11) is 5.40. The van der Waals surface area contributed by atoms with E-state index in [0.29, 0.717) is 12.8 Å². The van der Waals surface area contributed by atoms with Crippen LogP contribution in [-0.2, 0) is 28.6 Å². The Kier molecular flexibility index (Phi) is 41.1. The van der Waals surface area contributed by atoms with E-state index in [1.165, 1.54) is 64.2 Å². The second kappa shape index (κ2) is 43.4. The zero-order valence-electron chi connectivity index (χ0n) is 39.8. The highest BCUT2D eigenvalue weighted by Gasteiger charge is 2.25. The van der Waals surface area contributed by atoms with Crippen LogP contribution in [0.3, 0.4) is 0 Å². The van der Waals surface area contributed by atoms with Gasteiger partial charge < -0.3 is 28.6 Å². The Balaban J connectivity index is 4.27. The molecular weight excluding hydrogens is 763 g/mol. The number of unbranched alkanes of at least 4 members (excludes halogenated alkanes) is 17. The van der Waals surface area contributed by atoms with Crippen LogP contribution in [-0.4, -0.2) is 75.5 Å². The van der Waals surface area contributed by atoms with Crippen molar-refractivity contribution >= 4 is 17.9 Å². The van der Waals surface area contributed by atoms with Crippen LogP contribution < -0.4 is 5.11 Å². The minimum absolute atomic E-state index is 0.0317. The highest BCUT2D eigenvalue weighted by molar-refractivity contribution is 5.70. The van der Waals surface area contributed by atoms with E-state index in [1.807, 2.05) is 0 Å². The first-order valence-electron chi connectivity index (χ1n) is 24.5. The predicted octanol–water partition coefficient (Wildman–Crippen LogP) is 12.6. The lowest BCUT2D eigenvalue weighted by atomic mass is 10.0. The first kappa shape index (κ1) is 57.8. The Hall–Kier alpha value is -3.23. The van der Waals surface area contributed by atoms with E-state index in [1.54, 1.807) is 21.1 Å². The number of hydrogen-bond donors (Lipinski definition) is 0. The lowest BCUT2D eigenvalue weighted by Crippen LogP contribution is -2.55. The first-order chi connectivity index (χ1) is 29.6. The standard InChI is InChI=1S/C53H91NO7/c1-6-8-10-12-14-16-18-20-22-23-24-25-26-27-28-29-30-32-34-36-38-40-42-44-52(56)61-49(47-59-46-45-50(53(57)58)54(3,4)5)48-60-51(55)43-41-39-37-35-33-31-21-19-17-15-13-11-9-7-2/h8,10,13-16,19-22,24-25,49-50H,6-7,9,11-12,17-18,23,26-48H2,1-5H3/b10-8-,15-13-,16-14-,21-19-,22-20-,25-24-. The van der Waals surface area contributed by atoms with Gasteiger partial charge in [-0.05, 0) is 77.0 Å². The molecule has 0 radical (unpaired) electrons. The van der Waals surface area contributed by atoms with Crippen molar-refractivity contribution in [3.63, 3.8) is 0 Å². The van der Waals surface area contributed by atoms with E-state index in [4.69, 9.17) is 14.2 Å². The number of ether oxygens (including phenoxy) is 3. The van der Waals surface area contributed by atoms with Gasteiger partial charge in [-0.15, -0.1) is 0 Å². The number of rotatable bonds is 43. The van der Waals surface area contributed by atoms with Gasteiger partial charge in [-0.25, -0.2) is 0 Å². The molecule has 0 aliphatic carbocycles. The van der Waals surface area contributed by atoms with Crippen LogP contribution in [0.4, 0.5) is 0 Å². The summed E-state index contributed by atoms with van der Waals surface area (Å²) in [6, 6.07) is -0.732. The maximum absolute atomic E-state index is 12.8. The quantitative estimate of drug-likeness (QED) is 0.0260. The zero-order chi connectivity index (χ0) is 44.9. The monoisotopic (exact) mass is 854 g/mol. The van der Waals surface area contributed by atoms with Crippen LogP contribution in [0.2, 0.25) is 0 Å². The molecule has 0 heterocycles. The van der Waals surface area contributed by atoms with Crippen LogP contribution in [0, 0.1) is 0 Å². The van der Waals surface area contributed by atoms with E-state index in [0.717, 1.165) is 96.3 Å². The summed E-state index contributed by atoms with van der Waals surface area (Å²) in [4.78, 5) is 37.0. The molecule has 0 saturated carbocycles. The number of carboxylic acids is 1. The molecule has 0 spiro atoms. The molecule has 0 aliphatic heterocycles. The van der Waals surface area contributed by atoms with Crippen molar-refractivity contribution in [2.45, 2.75) is 206 Å². The molecular formula is C53H91NO7. The van der Waals surface area contributed by atoms with Gasteiger partial charge in [0.15, 0.2) is 6.10 Å². The predicted molar refractivity (Wildman–Crippen MR) is 254 cm³/mol. The number of esters is 2. The van der Waals surface area contributed by atoms with Gasteiger partial charge in [0.2, 0.25) is 0 Å². The number of nitrogens with zero attached hydrogens (tertiary/aromatic N) is 1. The molecule has 0 aliphatic rings. The smallest absolute Gasteiger partial charge is 0.306 e. The van der Waals surface area contributed by atoms with Gasteiger partial charge in [0.25, 0.3) is 0 Å². The van der Waals surface area contributed by atoms with Crippen LogP contribution in [0.25, 0.3) is 0 Å². The Bertz CT molecular complexity index is 1230. The number of carboxylic acid groups (broad SMARTS) is 1. The number of quaternary nitrogens is 1. The fourth-order valence-electron chi connectivity index (χ4n) is 6.78. The molecule has 61 heavy (non-hydrogen) atoms. The molecule has 8 nitrogen and oxygen atoms in total. The average Bonchev–Trinajstić information content (AvgIpc) is 3.22. The normalized spacial score (nSPS) is 13.5. The fourth-order valence-corrected chi connectivity index (χ4v) is 6.78. The summed E-state index contributed by atoms with van der Waals surface area (Å²) in [6.07, 6.45) is 55.0. The average molecular weight is 854 g/mol. The topological polar surface area (TPSA) is 102 Å². The molecule has 2 atom stereocenters. The van der Waals surface area contributed by atoms with Crippen molar-refractivity contribution in [2.24, 2.45) is 0 Å². The number of carbonyl (C=O) groups excluding carboxylic acids is 3. The van der Waals surface area contributed by atoms with Crippen LogP contribution >= 0.6 is 0 Å². The first-order valence-corrected chi connectivity index (χ1v) is 24.5. The molecule has 0 N–H and O–H groups in total. The summed E-state index contributed by atoms with van der Waals surface area (Å²) >= 11 is 0. The van der Waals surface area contributed by atoms with E-state index in [2.05, 4.69) is 86.8 Å². The summed E-state index contributed by atoms with van der Waals surface area (Å²) in [6.45, 7) is 4.49. The van der Waals surface area contributed by atoms with Crippen molar-refractivity contribution in [1.29, 1.82) is 0 Å². The fraction of sp³-hybridized carbons (Fsp3) is 0.717. The molecule has 0 amide bonds. The highest BCUT2D eigenvalue weighted by Crippen LogP contribution is 2.14. The summed E-state index contributed by atoms with van der Waals surface area (Å²) in [5, 5.41) is 11.6. The van der Waals surface area contributed by atoms with Gasteiger partial charge in [-0.3, -0.25) is 9.59 Å². The number of aliphatic carboxylic acids is 1. The van der Waals surface area contributed by atoms with Crippen molar-refractivity contribution in [1.82, 2.24) is 0 Å². The summed E-state index contributed by atoms with van der Waals surface area (Å²) < 4.78 is 17.2. The second-order valence-electron chi connectivity index (χ2n) is 17.3. The summed E-state index contributed by atoms with van der Waals surface area (Å²) in [5.74, 6) is -1.76. The molecule has 0 bridgehead atoms. The minimum atomic E-state index is -1.13. The van der Waals surface area contributed by atoms with Gasteiger partial charge in [0.1, 0.15) is 12.6 Å². The third-order valence-electron chi connectivity index (χ3n) is 10.6. The second-order valence-corrected chi connectivity index (χ2v) is 17.3. The minimum Gasteiger partial charge on any atom is -0.544 e. The molecule has 0 fully saturated rings. The lowest BCUT2D eigenvalue weighted by molar-refractivity contribution is -0.889. The van der Waals surface area contributed by atoms with Gasteiger partial charge >= 0.3 is 11.9 Å². The van der Waals surface area contributed by atoms with Gasteiger partial charge in [-0.2, -0.15) is 0 Å². The van der Waals surface area contributed by atoms with Crippen LogP contribution in [0.5, 0.6) is 0 Å². The Labute approximate surface area is 374 Å². The van der Waals surface area contributed by atoms with Crippen molar-refractivity contribution in [3.8, 4) is 0 Å². The third-order valence-corrected chi connectivity index (χ3v) is 10.6. The van der Waals surface area contributed by atoms with Crippen molar-refractivity contribution < 1.29 is 38.2 Å². The molecule has 0 aromatic carbocycles. The number of carbonyl (C=O) groups is 3. The maximum atomic E-state index is 12.8. The molecule has 0 aromatic rings. The van der Waals surface area contributed by atoms with Gasteiger partial charge in [0, 0.05) is 19.3 Å². The van der Waals surface area contributed by atoms with Crippen LogP contribution in [0.15, 0.2) is 72.9 Å². The molecule has 8 heteroatoms. The molecule has 0 rings (SSSR count). The number of allylic oxidation sites excluding steroid dienone is 12. The molecule has 0 aromatic heterocycles. The van der Waals surface area contributed by atoms with E-state index in [9.17, 15) is 19.5 Å². The van der Waals surface area contributed by atoms with Crippen molar-refractivity contribution in [3.05, 3.63) is 72.9 Å². The van der Waals surface area contributed by atoms with E-state index < -0.39 is 18.1 Å². The maximum Gasteiger partial charge on any atom is 0.306 e. The van der Waals surface area contributed by atoms with E-state index in [-0.39, 0.29) is 42.7 Å². The summed E-state index contributed by atoms with van der Waals surface area (Å²) in [5.41, 5.74) is 0. The van der Waals surface area contributed by atoms with Gasteiger partial charge in [-0.1, -0.05) is 170 Å². The van der Waals surface area contributed by atoms with Crippen LogP contribution in [0.1, 0.15) is 194 Å². The number of hydrogen-bond acceptors (Lipinski definition) is 7. The van der Waals surface area contributed by atoms with Gasteiger partial charge in [0.05, 0.1) is 40.3 Å². The zero-order valence-corrected chi connectivity index (χ0v) is 39.8. The Morgan fingerprint density at radius 3 is 1.36 bits per heavy atom. The molecule has 2 unspecified atom stereocenters. The Morgan fingerprint density at radius 1 is 0.508 bits per heavy atom. The lowest BCUT2D eigenvalue weighted by Gasteiger charge is -2.34. The Morgan fingerprint density at radius 2 is 0.918 bits per heavy atom. The molecule has 0 saturated heterocycles.